The molecule has 0 N–H and O–H groups in total. The molecule has 0 fully saturated rings. The lowest BCUT2D eigenvalue weighted by Gasteiger charge is -2.27. The fourth-order valence-electron chi connectivity index (χ4n) is 1.95. The molecule has 100 valence electrons. The van der Waals surface area contributed by atoms with Crippen LogP contribution in [0, 0.1) is 13.8 Å². The van der Waals surface area contributed by atoms with Gasteiger partial charge in [-0.2, -0.15) is 0 Å². The predicted molar refractivity (Wildman–Crippen MR) is 75.5 cm³/mol. The lowest BCUT2D eigenvalue weighted by molar-refractivity contribution is -0.116. The van der Waals surface area contributed by atoms with Gasteiger partial charge in [0.05, 0.1) is 12.6 Å². The fourth-order valence-corrected chi connectivity index (χ4v) is 2.10. The minimum Gasteiger partial charge on any atom is -0.380 e. The molecule has 1 aromatic rings. The molecule has 0 radical (unpaired) electrons. The third-order valence-electron chi connectivity index (χ3n) is 2.97. The Labute approximate surface area is 114 Å². The van der Waals surface area contributed by atoms with Crippen LogP contribution in [0.4, 0.5) is 5.69 Å². The summed E-state index contributed by atoms with van der Waals surface area (Å²) in [6.45, 7) is 6.43. The van der Waals surface area contributed by atoms with Gasteiger partial charge in [-0.3, -0.25) is 4.79 Å². The van der Waals surface area contributed by atoms with E-state index in [0.717, 1.165) is 16.8 Å². The van der Waals surface area contributed by atoms with Crippen molar-refractivity contribution in [1.29, 1.82) is 0 Å². The van der Waals surface area contributed by atoms with E-state index in [0.29, 0.717) is 6.54 Å². The third-order valence-corrected chi connectivity index (χ3v) is 3.20. The maximum absolute atomic E-state index is 12.0. The number of hydrogen-bond donors (Lipinski definition) is 0. The number of halogens is 1. The van der Waals surface area contributed by atoms with Crippen LogP contribution in [0.3, 0.4) is 0 Å². The van der Waals surface area contributed by atoms with Crippen molar-refractivity contribution in [3.63, 3.8) is 0 Å². The van der Waals surface area contributed by atoms with Crippen molar-refractivity contribution >= 4 is 23.2 Å². The first kappa shape index (κ1) is 15.0. The number of anilines is 1. The minimum atomic E-state index is -0.0991. The molecule has 0 saturated heterocycles. The van der Waals surface area contributed by atoms with Gasteiger partial charge in [-0.1, -0.05) is 18.2 Å². The second-order valence-corrected chi connectivity index (χ2v) is 4.69. The van der Waals surface area contributed by atoms with Crippen molar-refractivity contribution < 1.29 is 9.53 Å². The van der Waals surface area contributed by atoms with E-state index in [1.807, 2.05) is 39.0 Å². The quantitative estimate of drug-likeness (QED) is 0.770. The first-order chi connectivity index (χ1) is 8.51. The third kappa shape index (κ3) is 3.47. The summed E-state index contributed by atoms with van der Waals surface area (Å²) in [5.41, 5.74) is 3.07. The number of alkyl halides is 1. The Kier molecular flexibility index (Phi) is 5.63. The molecule has 0 saturated carbocycles. The number of ether oxygens (including phenoxy) is 1. The highest BCUT2D eigenvalue weighted by Crippen LogP contribution is 2.25. The maximum Gasteiger partial charge on any atom is 0.242 e. The van der Waals surface area contributed by atoms with Crippen molar-refractivity contribution in [2.24, 2.45) is 0 Å². The number of amides is 1. The maximum atomic E-state index is 12.0. The predicted octanol–water partition coefficient (Wildman–Crippen LogP) is 2.91. The molecule has 0 aromatic heterocycles. The molecule has 18 heavy (non-hydrogen) atoms. The SMILES string of the molecule is COC(C)CN(C(=O)CCl)c1c(C)cccc1C. The molecule has 0 spiro atoms. The molecule has 1 aromatic carbocycles. The smallest absolute Gasteiger partial charge is 0.242 e. The van der Waals surface area contributed by atoms with Crippen molar-refractivity contribution in [2.45, 2.75) is 26.9 Å². The largest absolute Gasteiger partial charge is 0.380 e. The number of benzene rings is 1. The number of methoxy groups -OCH3 is 1. The van der Waals surface area contributed by atoms with Crippen molar-refractivity contribution in [2.75, 3.05) is 24.4 Å². The molecule has 1 amide bonds. The van der Waals surface area contributed by atoms with Gasteiger partial charge in [0.25, 0.3) is 0 Å². The van der Waals surface area contributed by atoms with Crippen LogP contribution in [0.2, 0.25) is 0 Å². The van der Waals surface area contributed by atoms with E-state index in [-0.39, 0.29) is 17.9 Å². The first-order valence-corrected chi connectivity index (χ1v) is 6.50. The van der Waals surface area contributed by atoms with Gasteiger partial charge >= 0.3 is 0 Å². The zero-order valence-corrected chi connectivity index (χ0v) is 12.1. The number of nitrogens with zero attached hydrogens (tertiary/aromatic N) is 1. The standard InChI is InChI=1S/C14H20ClNO2/c1-10-6-5-7-11(2)14(10)16(13(17)8-15)9-12(3)18-4/h5-7,12H,8-9H2,1-4H3. The molecule has 3 nitrogen and oxygen atoms in total. The lowest BCUT2D eigenvalue weighted by Crippen LogP contribution is -2.39. The average Bonchev–Trinajstić information content (AvgIpc) is 2.36. The molecule has 0 aliphatic carbocycles. The minimum absolute atomic E-state index is 0.0236. The van der Waals surface area contributed by atoms with Gasteiger partial charge in [-0.25, -0.2) is 0 Å². The zero-order valence-electron chi connectivity index (χ0n) is 11.4. The van der Waals surface area contributed by atoms with Crippen LogP contribution in [0.5, 0.6) is 0 Å². The number of aryl methyl sites for hydroxylation is 2. The Morgan fingerprint density at radius 2 is 1.94 bits per heavy atom. The Bertz CT molecular complexity index is 400. The molecular weight excluding hydrogens is 250 g/mol. The molecule has 0 heterocycles. The van der Waals surface area contributed by atoms with Crippen LogP contribution in [-0.4, -0.2) is 31.5 Å². The summed E-state index contributed by atoms with van der Waals surface area (Å²) in [5, 5.41) is 0. The monoisotopic (exact) mass is 269 g/mol. The van der Waals surface area contributed by atoms with Crippen LogP contribution in [-0.2, 0) is 9.53 Å². The van der Waals surface area contributed by atoms with Crippen molar-refractivity contribution in [3.8, 4) is 0 Å². The molecular formula is C14H20ClNO2. The number of hydrogen-bond acceptors (Lipinski definition) is 2. The molecule has 1 atom stereocenters. The number of carbonyl (C=O) groups excluding carboxylic acids is 1. The summed E-state index contributed by atoms with van der Waals surface area (Å²) < 4.78 is 5.24. The summed E-state index contributed by atoms with van der Waals surface area (Å²) in [5.74, 6) is -0.123. The summed E-state index contributed by atoms with van der Waals surface area (Å²) in [7, 11) is 1.64. The fraction of sp³-hybridized carbons (Fsp3) is 0.500. The van der Waals surface area contributed by atoms with Crippen molar-refractivity contribution in [1.82, 2.24) is 0 Å². The Balaban J connectivity index is 3.13. The number of carbonyl (C=O) groups is 1. The van der Waals surface area contributed by atoms with Crippen LogP contribution < -0.4 is 4.90 Å². The average molecular weight is 270 g/mol. The van der Waals surface area contributed by atoms with E-state index >= 15 is 0 Å². The topological polar surface area (TPSA) is 29.5 Å². The van der Waals surface area contributed by atoms with Gasteiger partial charge in [0, 0.05) is 12.8 Å². The van der Waals surface area contributed by atoms with Gasteiger partial charge in [-0.15, -0.1) is 11.6 Å². The summed E-state index contributed by atoms with van der Waals surface area (Å²) in [6.07, 6.45) is -0.0313. The van der Waals surface area contributed by atoms with Crippen LogP contribution >= 0.6 is 11.6 Å². The summed E-state index contributed by atoms with van der Waals surface area (Å²) in [6, 6.07) is 5.97. The normalized spacial score (nSPS) is 12.3. The van der Waals surface area contributed by atoms with Crippen molar-refractivity contribution in [3.05, 3.63) is 29.3 Å². The van der Waals surface area contributed by atoms with Crippen LogP contribution in [0.1, 0.15) is 18.1 Å². The van der Waals surface area contributed by atoms with Gasteiger partial charge in [0.1, 0.15) is 5.88 Å². The number of para-hydroxylation sites is 1. The van der Waals surface area contributed by atoms with E-state index in [1.165, 1.54) is 0 Å². The van der Waals surface area contributed by atoms with Gasteiger partial charge in [0.15, 0.2) is 0 Å². The van der Waals surface area contributed by atoms with E-state index < -0.39 is 0 Å². The van der Waals surface area contributed by atoms with Crippen LogP contribution in [0.15, 0.2) is 18.2 Å². The van der Waals surface area contributed by atoms with Gasteiger partial charge < -0.3 is 9.64 Å². The van der Waals surface area contributed by atoms with E-state index in [1.54, 1.807) is 12.0 Å². The first-order valence-electron chi connectivity index (χ1n) is 5.96. The highest BCUT2D eigenvalue weighted by molar-refractivity contribution is 6.29. The van der Waals surface area contributed by atoms with Gasteiger partial charge in [0.2, 0.25) is 5.91 Å². The second kappa shape index (κ2) is 6.76. The Hall–Kier alpha value is -1.06. The molecule has 0 bridgehead atoms. The highest BCUT2D eigenvalue weighted by Gasteiger charge is 2.20. The lowest BCUT2D eigenvalue weighted by atomic mass is 10.1. The number of rotatable bonds is 5. The molecule has 1 rings (SSSR count). The van der Waals surface area contributed by atoms with E-state index in [9.17, 15) is 4.79 Å². The molecule has 4 heteroatoms. The molecule has 0 aliphatic rings. The highest BCUT2D eigenvalue weighted by atomic mass is 35.5. The Morgan fingerprint density at radius 3 is 2.39 bits per heavy atom. The Morgan fingerprint density at radius 1 is 1.39 bits per heavy atom. The zero-order chi connectivity index (χ0) is 13.7. The second-order valence-electron chi connectivity index (χ2n) is 4.42. The summed E-state index contributed by atoms with van der Waals surface area (Å²) >= 11 is 5.70. The van der Waals surface area contributed by atoms with Crippen LogP contribution in [0.25, 0.3) is 0 Å². The summed E-state index contributed by atoms with van der Waals surface area (Å²) in [4.78, 5) is 13.7. The molecule has 0 aliphatic heterocycles. The van der Waals surface area contributed by atoms with E-state index in [2.05, 4.69) is 0 Å². The van der Waals surface area contributed by atoms with Gasteiger partial charge in [-0.05, 0) is 31.9 Å². The van der Waals surface area contributed by atoms with E-state index in [4.69, 9.17) is 16.3 Å². The molecule has 1 unspecified atom stereocenters.